The highest BCUT2D eigenvalue weighted by atomic mass is 19.1. The fraction of sp³-hybridized carbons (Fsp3) is 0.467. The molecule has 0 spiro atoms. The molecule has 1 aromatic heterocycles. The second kappa shape index (κ2) is 6.62. The molecular weight excluding hydrogens is 315 g/mol. The summed E-state index contributed by atoms with van der Waals surface area (Å²) in [5.74, 6) is -0.220. The number of benzene rings is 1. The quantitative estimate of drug-likeness (QED) is 0.856. The molecular formula is C15H19FN6O2. The molecule has 24 heavy (non-hydrogen) atoms. The maximum absolute atomic E-state index is 14.1. The van der Waals surface area contributed by atoms with E-state index in [-0.39, 0.29) is 18.1 Å². The van der Waals surface area contributed by atoms with Crippen LogP contribution in [0.4, 0.5) is 10.1 Å². The summed E-state index contributed by atoms with van der Waals surface area (Å²) in [5, 5.41) is 13.8. The van der Waals surface area contributed by atoms with Crippen LogP contribution in [0.5, 0.6) is 0 Å². The molecule has 1 aliphatic rings. The van der Waals surface area contributed by atoms with Gasteiger partial charge in [-0.1, -0.05) is 0 Å². The van der Waals surface area contributed by atoms with Gasteiger partial charge in [-0.05, 0) is 48.4 Å². The number of amides is 1. The number of tetrazole rings is 1. The SMILES string of the molecule is Cc1nnnn1-c1cc(NC(=O)C2(CN)CCOCC2)ccc1F. The maximum atomic E-state index is 14.1. The number of nitrogens with zero attached hydrogens (tertiary/aromatic N) is 4. The van der Waals surface area contributed by atoms with Crippen molar-refractivity contribution in [2.45, 2.75) is 19.8 Å². The van der Waals surface area contributed by atoms with Gasteiger partial charge in [0.25, 0.3) is 0 Å². The van der Waals surface area contributed by atoms with E-state index in [4.69, 9.17) is 10.5 Å². The number of hydrogen-bond donors (Lipinski definition) is 2. The van der Waals surface area contributed by atoms with Crippen LogP contribution in [0.15, 0.2) is 18.2 Å². The Hall–Kier alpha value is -2.39. The van der Waals surface area contributed by atoms with Gasteiger partial charge in [-0.15, -0.1) is 5.10 Å². The summed E-state index contributed by atoms with van der Waals surface area (Å²) in [7, 11) is 0. The van der Waals surface area contributed by atoms with Gasteiger partial charge in [0.05, 0.1) is 5.41 Å². The zero-order chi connectivity index (χ0) is 17.2. The Balaban J connectivity index is 1.85. The summed E-state index contributed by atoms with van der Waals surface area (Å²) in [5.41, 5.74) is 5.82. The topological polar surface area (TPSA) is 108 Å². The molecule has 3 N–H and O–H groups in total. The van der Waals surface area contributed by atoms with Crippen LogP contribution in [0.25, 0.3) is 5.69 Å². The molecule has 128 valence electrons. The highest BCUT2D eigenvalue weighted by Gasteiger charge is 2.38. The standard InChI is InChI=1S/C15H19FN6O2/c1-10-19-20-21-22(10)13-8-11(2-3-12(13)16)18-14(23)15(9-17)4-6-24-7-5-15/h2-3,8H,4-7,9,17H2,1H3,(H,18,23). The zero-order valence-corrected chi connectivity index (χ0v) is 13.3. The number of carbonyl (C=O) groups excluding carboxylic acids is 1. The third kappa shape index (κ3) is 3.00. The highest BCUT2D eigenvalue weighted by Crippen LogP contribution is 2.31. The summed E-state index contributed by atoms with van der Waals surface area (Å²) < 4.78 is 20.7. The molecule has 0 bridgehead atoms. The van der Waals surface area contributed by atoms with Crippen molar-refractivity contribution in [3.8, 4) is 5.69 Å². The third-order valence-electron chi connectivity index (χ3n) is 4.38. The van der Waals surface area contributed by atoms with Crippen LogP contribution >= 0.6 is 0 Å². The predicted octanol–water partition coefficient (Wildman–Crippen LogP) is 0.804. The lowest BCUT2D eigenvalue weighted by Crippen LogP contribution is -2.46. The first-order valence-corrected chi connectivity index (χ1v) is 7.70. The number of nitrogens with two attached hydrogens (primary N) is 1. The second-order valence-electron chi connectivity index (χ2n) is 5.86. The Labute approximate surface area is 138 Å². The van der Waals surface area contributed by atoms with Crippen LogP contribution in [-0.4, -0.2) is 45.9 Å². The number of aryl methyl sites for hydroxylation is 1. The van der Waals surface area contributed by atoms with E-state index in [9.17, 15) is 9.18 Å². The van der Waals surface area contributed by atoms with Crippen molar-refractivity contribution in [2.75, 3.05) is 25.1 Å². The molecule has 0 atom stereocenters. The molecule has 0 saturated carbocycles. The Morgan fingerprint density at radius 2 is 2.21 bits per heavy atom. The average molecular weight is 334 g/mol. The van der Waals surface area contributed by atoms with Crippen LogP contribution in [0.3, 0.4) is 0 Å². The van der Waals surface area contributed by atoms with Gasteiger partial charge in [-0.3, -0.25) is 4.79 Å². The number of anilines is 1. The molecule has 1 amide bonds. The summed E-state index contributed by atoms with van der Waals surface area (Å²) in [6.45, 7) is 2.91. The predicted molar refractivity (Wildman–Crippen MR) is 84.0 cm³/mol. The zero-order valence-electron chi connectivity index (χ0n) is 13.3. The molecule has 1 fully saturated rings. The summed E-state index contributed by atoms with van der Waals surface area (Å²) in [6, 6.07) is 4.27. The molecule has 0 unspecified atom stereocenters. The van der Waals surface area contributed by atoms with Crippen LogP contribution in [-0.2, 0) is 9.53 Å². The Bertz CT molecular complexity index is 741. The van der Waals surface area contributed by atoms with Gasteiger partial charge in [-0.25, -0.2) is 4.39 Å². The molecule has 9 heteroatoms. The van der Waals surface area contributed by atoms with Crippen molar-refractivity contribution in [3.63, 3.8) is 0 Å². The van der Waals surface area contributed by atoms with Crippen molar-refractivity contribution in [2.24, 2.45) is 11.1 Å². The van der Waals surface area contributed by atoms with E-state index in [1.165, 1.54) is 22.9 Å². The minimum Gasteiger partial charge on any atom is -0.381 e. The van der Waals surface area contributed by atoms with Gasteiger partial charge in [0.1, 0.15) is 11.5 Å². The van der Waals surface area contributed by atoms with Gasteiger partial charge in [0.15, 0.2) is 5.82 Å². The first-order chi connectivity index (χ1) is 11.6. The van der Waals surface area contributed by atoms with E-state index in [0.717, 1.165) is 0 Å². The lowest BCUT2D eigenvalue weighted by Gasteiger charge is -2.34. The van der Waals surface area contributed by atoms with Gasteiger partial charge in [0.2, 0.25) is 5.91 Å². The molecule has 1 aromatic carbocycles. The van der Waals surface area contributed by atoms with Crippen molar-refractivity contribution in [3.05, 3.63) is 29.8 Å². The van der Waals surface area contributed by atoms with Gasteiger partial charge < -0.3 is 15.8 Å². The van der Waals surface area contributed by atoms with Crippen LogP contribution in [0.1, 0.15) is 18.7 Å². The summed E-state index contributed by atoms with van der Waals surface area (Å²) >= 11 is 0. The molecule has 3 rings (SSSR count). The number of aromatic nitrogens is 4. The lowest BCUT2D eigenvalue weighted by molar-refractivity contribution is -0.130. The summed E-state index contributed by atoms with van der Waals surface area (Å²) in [6.07, 6.45) is 1.13. The Kier molecular flexibility index (Phi) is 4.54. The molecule has 1 aliphatic heterocycles. The third-order valence-corrected chi connectivity index (χ3v) is 4.38. The molecule has 2 heterocycles. The highest BCUT2D eigenvalue weighted by molar-refractivity contribution is 5.95. The van der Waals surface area contributed by atoms with Crippen molar-refractivity contribution < 1.29 is 13.9 Å². The fourth-order valence-electron chi connectivity index (χ4n) is 2.76. The first kappa shape index (κ1) is 16.5. The Morgan fingerprint density at radius 3 is 2.83 bits per heavy atom. The molecule has 8 nitrogen and oxygen atoms in total. The van der Waals surface area contributed by atoms with Gasteiger partial charge >= 0.3 is 0 Å². The second-order valence-corrected chi connectivity index (χ2v) is 5.86. The van der Waals surface area contributed by atoms with E-state index in [0.29, 0.717) is 37.6 Å². The monoisotopic (exact) mass is 334 g/mol. The van der Waals surface area contributed by atoms with E-state index in [2.05, 4.69) is 20.8 Å². The normalized spacial score (nSPS) is 16.8. The van der Waals surface area contributed by atoms with Gasteiger partial charge in [0, 0.05) is 25.4 Å². The van der Waals surface area contributed by atoms with Crippen LogP contribution in [0.2, 0.25) is 0 Å². The minimum atomic E-state index is -0.655. The van der Waals surface area contributed by atoms with Crippen molar-refractivity contribution in [1.29, 1.82) is 0 Å². The largest absolute Gasteiger partial charge is 0.381 e. The van der Waals surface area contributed by atoms with E-state index in [1.54, 1.807) is 6.92 Å². The van der Waals surface area contributed by atoms with E-state index < -0.39 is 11.2 Å². The molecule has 0 aliphatic carbocycles. The van der Waals surface area contributed by atoms with Crippen LogP contribution in [0, 0.1) is 18.2 Å². The molecule has 2 aromatic rings. The number of ether oxygens (including phenoxy) is 1. The number of carbonyl (C=O) groups is 1. The van der Waals surface area contributed by atoms with E-state index >= 15 is 0 Å². The number of nitrogens with one attached hydrogen (secondary N) is 1. The summed E-state index contributed by atoms with van der Waals surface area (Å²) in [4.78, 5) is 12.7. The minimum absolute atomic E-state index is 0.170. The number of halogens is 1. The van der Waals surface area contributed by atoms with E-state index in [1.807, 2.05) is 0 Å². The maximum Gasteiger partial charge on any atom is 0.232 e. The van der Waals surface area contributed by atoms with Crippen molar-refractivity contribution >= 4 is 11.6 Å². The number of hydrogen-bond acceptors (Lipinski definition) is 6. The lowest BCUT2D eigenvalue weighted by atomic mass is 9.79. The Morgan fingerprint density at radius 1 is 1.46 bits per heavy atom. The average Bonchev–Trinajstić information content (AvgIpc) is 3.03. The fourth-order valence-corrected chi connectivity index (χ4v) is 2.76. The number of rotatable bonds is 4. The smallest absolute Gasteiger partial charge is 0.232 e. The first-order valence-electron chi connectivity index (χ1n) is 7.70. The van der Waals surface area contributed by atoms with Crippen molar-refractivity contribution in [1.82, 2.24) is 20.2 Å². The molecule has 0 radical (unpaired) electrons. The van der Waals surface area contributed by atoms with Gasteiger partial charge in [-0.2, -0.15) is 4.68 Å². The van der Waals surface area contributed by atoms with Crippen LogP contribution < -0.4 is 11.1 Å². The molecule has 1 saturated heterocycles.